The smallest absolute Gasteiger partial charge is 0.162 e. The fourth-order valence-electron chi connectivity index (χ4n) is 5.78. The molecule has 26 heavy (non-hydrogen) atoms. The Bertz CT molecular complexity index is 780. The second kappa shape index (κ2) is 5.43. The molecule has 0 bridgehead atoms. The van der Waals surface area contributed by atoms with E-state index in [0.29, 0.717) is 24.2 Å². The van der Waals surface area contributed by atoms with E-state index in [1.807, 2.05) is 0 Å². The number of carbonyl (C=O) groups excluding carboxylic acids is 1. The SMILES string of the molecule is CC1(C)CC(=O)C2=C(C1)NC1NNC(C3CC3)C1[C@]2(C)c1ccccc1. The standard InChI is InChI=1S/C22H29N3O/c1-21(2)11-15-17(16(26)12-21)22(3,14-7-5-4-6-8-14)18-19(13-9-10-13)24-25-20(18)23-15/h4-8,13,18-20,23-25H,9-12H2,1-3H3/t18?,19?,20?,22-/m1/s1. The highest BCUT2D eigenvalue weighted by Gasteiger charge is 2.59. The third kappa shape index (κ3) is 2.31. The minimum Gasteiger partial charge on any atom is -0.371 e. The van der Waals surface area contributed by atoms with Crippen LogP contribution in [0.5, 0.6) is 0 Å². The highest BCUT2D eigenvalue weighted by Crippen LogP contribution is 2.54. The predicted octanol–water partition coefficient (Wildman–Crippen LogP) is 3.02. The summed E-state index contributed by atoms with van der Waals surface area (Å²) in [6.07, 6.45) is 4.34. The lowest BCUT2D eigenvalue weighted by molar-refractivity contribution is -0.119. The molecule has 2 aliphatic carbocycles. The van der Waals surface area contributed by atoms with Crippen molar-refractivity contribution in [2.75, 3.05) is 0 Å². The van der Waals surface area contributed by atoms with Crippen LogP contribution in [0.4, 0.5) is 0 Å². The summed E-state index contributed by atoms with van der Waals surface area (Å²) in [4.78, 5) is 13.4. The molecule has 0 aromatic heterocycles. The molecule has 3 N–H and O–H groups in total. The minimum atomic E-state index is -0.260. The average molecular weight is 351 g/mol. The van der Waals surface area contributed by atoms with Crippen LogP contribution in [0.2, 0.25) is 0 Å². The van der Waals surface area contributed by atoms with Crippen molar-refractivity contribution in [3.05, 3.63) is 47.2 Å². The number of carbonyl (C=O) groups is 1. The topological polar surface area (TPSA) is 53.2 Å². The molecule has 2 fully saturated rings. The molecular formula is C22H29N3O. The van der Waals surface area contributed by atoms with Crippen LogP contribution in [-0.4, -0.2) is 18.0 Å². The molecule has 0 radical (unpaired) electrons. The van der Waals surface area contributed by atoms with Gasteiger partial charge in [-0.25, -0.2) is 5.43 Å². The molecule has 2 heterocycles. The van der Waals surface area contributed by atoms with Crippen molar-refractivity contribution in [3.8, 4) is 0 Å². The molecule has 5 rings (SSSR count). The van der Waals surface area contributed by atoms with Crippen LogP contribution >= 0.6 is 0 Å². The summed E-state index contributed by atoms with van der Waals surface area (Å²) in [6, 6.07) is 11.1. The van der Waals surface area contributed by atoms with E-state index in [9.17, 15) is 4.79 Å². The van der Waals surface area contributed by atoms with Gasteiger partial charge in [0.1, 0.15) is 0 Å². The van der Waals surface area contributed by atoms with Crippen molar-refractivity contribution < 1.29 is 4.79 Å². The Morgan fingerprint density at radius 1 is 1.00 bits per heavy atom. The molecule has 138 valence electrons. The quantitative estimate of drug-likeness (QED) is 0.767. The van der Waals surface area contributed by atoms with Gasteiger partial charge in [-0.3, -0.25) is 10.2 Å². The highest BCUT2D eigenvalue weighted by molar-refractivity contribution is 6.00. The molecule has 0 amide bonds. The summed E-state index contributed by atoms with van der Waals surface area (Å²) in [5.41, 5.74) is 10.3. The summed E-state index contributed by atoms with van der Waals surface area (Å²) < 4.78 is 0. The zero-order valence-corrected chi connectivity index (χ0v) is 15.9. The third-order valence-corrected chi connectivity index (χ3v) is 7.05. The van der Waals surface area contributed by atoms with Crippen molar-refractivity contribution >= 4 is 5.78 Å². The Balaban J connectivity index is 1.70. The van der Waals surface area contributed by atoms with Gasteiger partial charge in [0.15, 0.2) is 5.78 Å². The lowest BCUT2D eigenvalue weighted by Gasteiger charge is -2.50. The van der Waals surface area contributed by atoms with Crippen molar-refractivity contribution in [2.24, 2.45) is 17.3 Å². The molecule has 1 aromatic carbocycles. The molecule has 4 aliphatic rings. The second-order valence-corrected chi connectivity index (χ2v) is 9.66. The van der Waals surface area contributed by atoms with E-state index in [4.69, 9.17) is 0 Å². The number of rotatable bonds is 2. The monoisotopic (exact) mass is 351 g/mol. The van der Waals surface area contributed by atoms with Gasteiger partial charge in [0, 0.05) is 35.1 Å². The first kappa shape index (κ1) is 16.5. The number of allylic oxidation sites excluding steroid dienone is 2. The van der Waals surface area contributed by atoms with Crippen LogP contribution in [0.1, 0.15) is 52.0 Å². The van der Waals surface area contributed by atoms with Gasteiger partial charge in [-0.05, 0) is 36.2 Å². The van der Waals surface area contributed by atoms with Crippen LogP contribution in [0.25, 0.3) is 0 Å². The number of Topliss-reactive ketones (excluding diaryl/α,β-unsaturated/α-hetero) is 1. The first-order chi connectivity index (χ1) is 12.4. The third-order valence-electron chi connectivity index (χ3n) is 7.05. The molecule has 3 unspecified atom stereocenters. The molecule has 1 saturated heterocycles. The maximum absolute atomic E-state index is 13.4. The lowest BCUT2D eigenvalue weighted by Crippen LogP contribution is -2.59. The number of hydrazine groups is 1. The highest BCUT2D eigenvalue weighted by atomic mass is 16.1. The van der Waals surface area contributed by atoms with Crippen LogP contribution in [0.3, 0.4) is 0 Å². The fourth-order valence-corrected chi connectivity index (χ4v) is 5.78. The van der Waals surface area contributed by atoms with E-state index >= 15 is 0 Å². The second-order valence-electron chi connectivity index (χ2n) is 9.66. The molecule has 2 aliphatic heterocycles. The molecule has 0 spiro atoms. The van der Waals surface area contributed by atoms with Crippen molar-refractivity contribution in [1.82, 2.24) is 16.2 Å². The fraction of sp³-hybridized carbons (Fsp3) is 0.591. The summed E-state index contributed by atoms with van der Waals surface area (Å²) >= 11 is 0. The van der Waals surface area contributed by atoms with E-state index in [0.717, 1.165) is 23.6 Å². The molecule has 4 heteroatoms. The van der Waals surface area contributed by atoms with E-state index in [1.54, 1.807) is 0 Å². The van der Waals surface area contributed by atoms with E-state index in [1.165, 1.54) is 18.4 Å². The predicted molar refractivity (Wildman–Crippen MR) is 102 cm³/mol. The molecule has 4 nitrogen and oxygen atoms in total. The average Bonchev–Trinajstić information content (AvgIpc) is 3.34. The first-order valence-electron chi connectivity index (χ1n) is 10.0. The number of benzene rings is 1. The number of fused-ring (bicyclic) bond motifs is 1. The van der Waals surface area contributed by atoms with Crippen molar-refractivity contribution in [1.29, 1.82) is 0 Å². The zero-order valence-electron chi connectivity index (χ0n) is 15.9. The number of hydrogen-bond donors (Lipinski definition) is 3. The zero-order chi connectivity index (χ0) is 18.1. The van der Waals surface area contributed by atoms with Gasteiger partial charge in [-0.15, -0.1) is 0 Å². The summed E-state index contributed by atoms with van der Waals surface area (Å²) in [5.74, 6) is 1.39. The Hall–Kier alpha value is -1.65. The number of nitrogens with one attached hydrogen (secondary N) is 3. The maximum atomic E-state index is 13.4. The van der Waals surface area contributed by atoms with E-state index in [-0.39, 0.29) is 17.0 Å². The number of ketones is 1. The Kier molecular flexibility index (Phi) is 3.45. The Morgan fingerprint density at radius 3 is 2.42 bits per heavy atom. The van der Waals surface area contributed by atoms with Crippen molar-refractivity contribution in [2.45, 2.75) is 64.1 Å². The maximum Gasteiger partial charge on any atom is 0.162 e. The van der Waals surface area contributed by atoms with Crippen molar-refractivity contribution in [3.63, 3.8) is 0 Å². The summed E-state index contributed by atoms with van der Waals surface area (Å²) in [6.45, 7) is 6.72. The van der Waals surface area contributed by atoms with E-state index in [2.05, 4.69) is 67.3 Å². The molecule has 4 atom stereocenters. The van der Waals surface area contributed by atoms with Gasteiger partial charge in [-0.1, -0.05) is 51.1 Å². The van der Waals surface area contributed by atoms with Gasteiger partial charge in [0.25, 0.3) is 0 Å². The van der Waals surface area contributed by atoms with Gasteiger partial charge in [0.2, 0.25) is 0 Å². The first-order valence-corrected chi connectivity index (χ1v) is 10.0. The Morgan fingerprint density at radius 2 is 1.73 bits per heavy atom. The summed E-state index contributed by atoms with van der Waals surface area (Å²) in [7, 11) is 0. The van der Waals surface area contributed by atoms with Gasteiger partial charge in [-0.2, -0.15) is 0 Å². The number of hydrogen-bond acceptors (Lipinski definition) is 4. The minimum absolute atomic E-state index is 0.0231. The Labute approximate surface area is 155 Å². The molecule has 1 saturated carbocycles. The van der Waals surface area contributed by atoms with Crippen LogP contribution < -0.4 is 16.2 Å². The summed E-state index contributed by atoms with van der Waals surface area (Å²) in [5, 5.41) is 3.73. The van der Waals surface area contributed by atoms with Crippen LogP contribution in [0, 0.1) is 17.3 Å². The van der Waals surface area contributed by atoms with Crippen LogP contribution in [0.15, 0.2) is 41.6 Å². The van der Waals surface area contributed by atoms with Gasteiger partial charge < -0.3 is 5.32 Å². The normalized spacial score (nSPS) is 38.6. The lowest BCUT2D eigenvalue weighted by atomic mass is 9.57. The van der Waals surface area contributed by atoms with Gasteiger partial charge in [0.05, 0.1) is 6.17 Å². The molecule has 1 aromatic rings. The van der Waals surface area contributed by atoms with Crippen LogP contribution in [-0.2, 0) is 10.2 Å². The largest absolute Gasteiger partial charge is 0.371 e. The van der Waals surface area contributed by atoms with E-state index < -0.39 is 0 Å². The van der Waals surface area contributed by atoms with Gasteiger partial charge >= 0.3 is 0 Å². The molecular weight excluding hydrogens is 322 g/mol.